The van der Waals surface area contributed by atoms with Crippen molar-refractivity contribution in [3.63, 3.8) is 0 Å². The summed E-state index contributed by atoms with van der Waals surface area (Å²) in [5, 5.41) is 17.8. The minimum absolute atomic E-state index is 0.183. The number of anilines is 2. The lowest BCUT2D eigenvalue weighted by molar-refractivity contribution is 0.182. The first-order valence-electron chi connectivity index (χ1n) is 10.5. The van der Waals surface area contributed by atoms with Gasteiger partial charge in [0.15, 0.2) is 5.82 Å². The van der Waals surface area contributed by atoms with Crippen LogP contribution in [-0.4, -0.2) is 47.0 Å². The quantitative estimate of drug-likeness (QED) is 0.453. The van der Waals surface area contributed by atoms with E-state index in [-0.39, 0.29) is 12.1 Å². The van der Waals surface area contributed by atoms with Crippen LogP contribution in [0.3, 0.4) is 0 Å². The first-order chi connectivity index (χ1) is 15.1. The summed E-state index contributed by atoms with van der Waals surface area (Å²) < 4.78 is 1.76. The van der Waals surface area contributed by atoms with E-state index < -0.39 is 0 Å². The number of rotatable bonds is 5. The molecule has 31 heavy (non-hydrogen) atoms. The van der Waals surface area contributed by atoms with Crippen molar-refractivity contribution in [3.8, 4) is 16.8 Å². The van der Waals surface area contributed by atoms with Gasteiger partial charge >= 0.3 is 0 Å². The van der Waals surface area contributed by atoms with Crippen LogP contribution >= 0.6 is 0 Å². The van der Waals surface area contributed by atoms with Crippen LogP contribution in [0.25, 0.3) is 27.8 Å². The second kappa shape index (κ2) is 7.92. The van der Waals surface area contributed by atoms with Gasteiger partial charge in [0, 0.05) is 35.8 Å². The van der Waals surface area contributed by atoms with Crippen molar-refractivity contribution < 1.29 is 5.11 Å². The highest BCUT2D eigenvalue weighted by molar-refractivity contribution is 5.96. The zero-order valence-corrected chi connectivity index (χ0v) is 17.2. The van der Waals surface area contributed by atoms with E-state index in [0.29, 0.717) is 29.7 Å². The van der Waals surface area contributed by atoms with Gasteiger partial charge in [-0.05, 0) is 37.8 Å². The Morgan fingerprint density at radius 1 is 1.19 bits per heavy atom. The maximum absolute atomic E-state index is 9.89. The molecule has 1 fully saturated rings. The van der Waals surface area contributed by atoms with Gasteiger partial charge in [0.05, 0.1) is 29.9 Å². The SMILES string of the molecule is CCc1nc2c(N)ncc(-c3cnn(-c4cccnc4)c3)c2nc1N[C@@H]1CC[C@H](O)C1. The molecule has 4 aromatic heterocycles. The summed E-state index contributed by atoms with van der Waals surface area (Å²) in [7, 11) is 0. The Balaban J connectivity index is 1.59. The number of fused-ring (bicyclic) bond motifs is 1. The molecule has 1 aliphatic carbocycles. The van der Waals surface area contributed by atoms with Crippen LogP contribution < -0.4 is 11.1 Å². The lowest BCUT2D eigenvalue weighted by atomic mass is 10.1. The summed E-state index contributed by atoms with van der Waals surface area (Å²) in [5.74, 6) is 1.09. The third-order valence-corrected chi connectivity index (χ3v) is 5.68. The van der Waals surface area contributed by atoms with E-state index >= 15 is 0 Å². The largest absolute Gasteiger partial charge is 0.393 e. The zero-order chi connectivity index (χ0) is 21.4. The molecule has 0 amide bonds. The van der Waals surface area contributed by atoms with E-state index in [9.17, 15) is 5.11 Å². The number of aromatic nitrogens is 6. The average Bonchev–Trinajstić information content (AvgIpc) is 3.44. The Bertz CT molecular complexity index is 1220. The lowest BCUT2D eigenvalue weighted by Crippen LogP contribution is -2.19. The molecule has 4 heterocycles. The lowest BCUT2D eigenvalue weighted by Gasteiger charge is -2.17. The van der Waals surface area contributed by atoms with Crippen LogP contribution in [0.2, 0.25) is 0 Å². The van der Waals surface area contributed by atoms with Crippen molar-refractivity contribution in [1.82, 2.24) is 29.7 Å². The molecule has 9 heteroatoms. The number of aliphatic hydroxyl groups is 1. The molecule has 0 spiro atoms. The highest BCUT2D eigenvalue weighted by atomic mass is 16.3. The van der Waals surface area contributed by atoms with Gasteiger partial charge in [0.25, 0.3) is 0 Å². The molecule has 5 rings (SSSR count). The molecule has 158 valence electrons. The van der Waals surface area contributed by atoms with Crippen molar-refractivity contribution in [2.24, 2.45) is 0 Å². The predicted octanol–water partition coefficient (Wildman–Crippen LogP) is 2.74. The molecule has 0 saturated heterocycles. The first-order valence-corrected chi connectivity index (χ1v) is 10.5. The van der Waals surface area contributed by atoms with E-state index in [2.05, 4.69) is 20.4 Å². The number of nitrogens with two attached hydrogens (primary N) is 1. The molecule has 1 aliphatic rings. The van der Waals surface area contributed by atoms with Crippen LogP contribution in [0.4, 0.5) is 11.6 Å². The number of aliphatic hydroxyl groups excluding tert-OH is 1. The fourth-order valence-electron chi connectivity index (χ4n) is 4.04. The van der Waals surface area contributed by atoms with Gasteiger partial charge in [-0.15, -0.1) is 0 Å². The monoisotopic (exact) mass is 416 g/mol. The standard InChI is InChI=1S/C22H24N8O/c1-2-18-22(27-14-5-6-16(31)8-14)29-19-17(11-25-21(23)20(19)28-18)13-9-26-30(12-13)15-4-3-7-24-10-15/h3-4,7,9-12,14,16,31H,2,5-6,8H2,1H3,(H2,23,25)(H,27,29)/t14-,16+/m1/s1. The molecule has 0 aromatic carbocycles. The fourth-order valence-corrected chi connectivity index (χ4v) is 4.04. The molecule has 4 aromatic rings. The van der Waals surface area contributed by atoms with E-state index in [0.717, 1.165) is 41.2 Å². The summed E-state index contributed by atoms with van der Waals surface area (Å²) in [6.07, 6.45) is 11.8. The molecule has 0 aliphatic heterocycles. The topological polar surface area (TPSA) is 128 Å². The number of pyridine rings is 2. The molecule has 0 bridgehead atoms. The van der Waals surface area contributed by atoms with Crippen LogP contribution in [0.1, 0.15) is 31.9 Å². The number of hydrogen-bond acceptors (Lipinski definition) is 8. The van der Waals surface area contributed by atoms with Crippen LogP contribution in [0.5, 0.6) is 0 Å². The third kappa shape index (κ3) is 3.68. The Morgan fingerprint density at radius 2 is 2.10 bits per heavy atom. The molecule has 4 N–H and O–H groups in total. The molecular formula is C22H24N8O. The highest BCUT2D eigenvalue weighted by Gasteiger charge is 2.24. The second-order valence-electron chi connectivity index (χ2n) is 7.82. The van der Waals surface area contributed by atoms with Gasteiger partial charge < -0.3 is 16.2 Å². The number of nitrogens with one attached hydrogen (secondary N) is 1. The van der Waals surface area contributed by atoms with Gasteiger partial charge in [-0.1, -0.05) is 6.92 Å². The van der Waals surface area contributed by atoms with Crippen molar-refractivity contribution in [1.29, 1.82) is 0 Å². The Kier molecular flexibility index (Phi) is 4.95. The van der Waals surface area contributed by atoms with Crippen LogP contribution in [0.15, 0.2) is 43.1 Å². The van der Waals surface area contributed by atoms with Gasteiger partial charge in [0.1, 0.15) is 16.9 Å². The summed E-state index contributed by atoms with van der Waals surface area (Å²) in [4.78, 5) is 18.2. The van der Waals surface area contributed by atoms with Crippen molar-refractivity contribution in [3.05, 3.63) is 48.8 Å². The van der Waals surface area contributed by atoms with Gasteiger partial charge in [-0.2, -0.15) is 5.10 Å². The Morgan fingerprint density at radius 3 is 2.84 bits per heavy atom. The fraction of sp³-hybridized carbons (Fsp3) is 0.318. The smallest absolute Gasteiger partial charge is 0.151 e. The molecule has 9 nitrogen and oxygen atoms in total. The van der Waals surface area contributed by atoms with Crippen LogP contribution in [0, 0.1) is 0 Å². The Labute approximate surface area is 179 Å². The van der Waals surface area contributed by atoms with Crippen molar-refractivity contribution in [2.45, 2.75) is 44.8 Å². The van der Waals surface area contributed by atoms with Crippen molar-refractivity contribution in [2.75, 3.05) is 11.1 Å². The molecule has 0 unspecified atom stereocenters. The summed E-state index contributed by atoms with van der Waals surface area (Å²) in [6, 6.07) is 3.99. The van der Waals surface area contributed by atoms with Gasteiger partial charge in [-0.3, -0.25) is 4.98 Å². The first kappa shape index (κ1) is 19.4. The molecule has 0 radical (unpaired) electrons. The highest BCUT2D eigenvalue weighted by Crippen LogP contribution is 2.32. The van der Waals surface area contributed by atoms with E-state index in [1.807, 2.05) is 25.3 Å². The second-order valence-corrected chi connectivity index (χ2v) is 7.82. The average molecular weight is 416 g/mol. The van der Waals surface area contributed by atoms with E-state index in [1.54, 1.807) is 29.5 Å². The summed E-state index contributed by atoms with van der Waals surface area (Å²) >= 11 is 0. The summed E-state index contributed by atoms with van der Waals surface area (Å²) in [6.45, 7) is 2.04. The Hall–Kier alpha value is -3.59. The van der Waals surface area contributed by atoms with E-state index in [4.69, 9.17) is 15.7 Å². The number of nitrogen functional groups attached to an aromatic ring is 1. The minimum Gasteiger partial charge on any atom is -0.393 e. The predicted molar refractivity (Wildman–Crippen MR) is 119 cm³/mol. The number of nitrogens with zero attached hydrogens (tertiary/aromatic N) is 6. The molecular weight excluding hydrogens is 392 g/mol. The van der Waals surface area contributed by atoms with Crippen molar-refractivity contribution >= 4 is 22.7 Å². The van der Waals surface area contributed by atoms with Gasteiger partial charge in [0.2, 0.25) is 0 Å². The van der Waals surface area contributed by atoms with E-state index in [1.165, 1.54) is 0 Å². The third-order valence-electron chi connectivity index (χ3n) is 5.68. The minimum atomic E-state index is -0.260. The normalized spacial score (nSPS) is 18.5. The zero-order valence-electron chi connectivity index (χ0n) is 17.2. The number of hydrogen-bond donors (Lipinski definition) is 3. The maximum Gasteiger partial charge on any atom is 0.151 e. The molecule has 1 saturated carbocycles. The summed E-state index contributed by atoms with van der Waals surface area (Å²) in [5.41, 5.74) is 10.8. The maximum atomic E-state index is 9.89. The number of aryl methyl sites for hydroxylation is 1. The molecule has 2 atom stereocenters. The van der Waals surface area contributed by atoms with Crippen LogP contribution in [-0.2, 0) is 6.42 Å². The van der Waals surface area contributed by atoms with Gasteiger partial charge in [-0.25, -0.2) is 19.6 Å².